The van der Waals surface area contributed by atoms with Crippen molar-refractivity contribution >= 4 is 33.3 Å². The van der Waals surface area contributed by atoms with E-state index in [-0.39, 0.29) is 12.0 Å². The second-order valence-electron chi connectivity index (χ2n) is 7.51. The van der Waals surface area contributed by atoms with E-state index in [1.165, 1.54) is 11.3 Å². The van der Waals surface area contributed by atoms with Crippen LogP contribution in [0, 0.1) is 10.8 Å². The number of nitrogens with one attached hydrogen (secondary N) is 1. The second-order valence-corrected chi connectivity index (χ2v) is 8.62. The summed E-state index contributed by atoms with van der Waals surface area (Å²) < 4.78 is 1.08. The molecule has 0 aliphatic heterocycles. The summed E-state index contributed by atoms with van der Waals surface area (Å²) in [6.07, 6.45) is 3.21. The molecule has 132 valence electrons. The van der Waals surface area contributed by atoms with Crippen molar-refractivity contribution in [1.82, 2.24) is 5.32 Å². The van der Waals surface area contributed by atoms with Crippen molar-refractivity contribution in [2.45, 2.75) is 38.2 Å². The average Bonchev–Trinajstić information content (AvgIpc) is 2.94. The fourth-order valence-electron chi connectivity index (χ4n) is 4.29. The number of thiophene rings is 1. The van der Waals surface area contributed by atoms with Crippen LogP contribution < -0.4 is 5.32 Å². The molecule has 1 heterocycles. The number of rotatable bonds is 5. The van der Waals surface area contributed by atoms with Crippen LogP contribution in [0.25, 0.3) is 10.1 Å². The molecule has 1 aromatic carbocycles. The summed E-state index contributed by atoms with van der Waals surface area (Å²) in [6, 6.07) is 9.76. The smallest absolute Gasteiger partial charge is 0.319 e. The highest BCUT2D eigenvalue weighted by atomic mass is 32.1. The SMILES string of the molecule is O=C(O)C1(C(=O)NCC(O)c2cc3ccccc3s2)CC2(CCC2)C1. The van der Waals surface area contributed by atoms with Gasteiger partial charge in [-0.1, -0.05) is 24.6 Å². The molecule has 2 saturated carbocycles. The highest BCUT2D eigenvalue weighted by molar-refractivity contribution is 7.19. The number of fused-ring (bicyclic) bond motifs is 1. The van der Waals surface area contributed by atoms with Crippen molar-refractivity contribution in [2.24, 2.45) is 10.8 Å². The van der Waals surface area contributed by atoms with Crippen molar-refractivity contribution in [3.63, 3.8) is 0 Å². The van der Waals surface area contributed by atoms with E-state index in [1.807, 2.05) is 30.3 Å². The zero-order valence-electron chi connectivity index (χ0n) is 13.8. The predicted octanol–water partition coefficient (Wildman–Crippen LogP) is 3.09. The Kier molecular flexibility index (Phi) is 3.85. The minimum Gasteiger partial charge on any atom is -0.480 e. The summed E-state index contributed by atoms with van der Waals surface area (Å²) in [5, 5.41) is 23.7. The van der Waals surface area contributed by atoms with E-state index in [4.69, 9.17) is 0 Å². The van der Waals surface area contributed by atoms with Crippen LogP contribution in [0.4, 0.5) is 0 Å². The number of carboxylic acids is 1. The van der Waals surface area contributed by atoms with Crippen molar-refractivity contribution in [3.8, 4) is 0 Å². The van der Waals surface area contributed by atoms with Gasteiger partial charge in [-0.3, -0.25) is 9.59 Å². The summed E-state index contributed by atoms with van der Waals surface area (Å²) in [5.41, 5.74) is -1.22. The Hall–Kier alpha value is -1.92. The van der Waals surface area contributed by atoms with E-state index in [2.05, 4.69) is 5.32 Å². The summed E-state index contributed by atoms with van der Waals surface area (Å²) >= 11 is 1.49. The Bertz CT molecular complexity index is 798. The lowest BCUT2D eigenvalue weighted by Crippen LogP contribution is -2.61. The van der Waals surface area contributed by atoms with E-state index >= 15 is 0 Å². The monoisotopic (exact) mass is 359 g/mol. The van der Waals surface area contributed by atoms with Gasteiger partial charge in [-0.05, 0) is 48.6 Å². The third-order valence-corrected chi connectivity index (χ3v) is 7.06. The molecule has 2 aromatic rings. The van der Waals surface area contributed by atoms with Crippen LogP contribution in [0.15, 0.2) is 30.3 Å². The number of carbonyl (C=O) groups is 2. The number of hydrogen-bond donors (Lipinski definition) is 3. The van der Waals surface area contributed by atoms with Gasteiger partial charge in [0.05, 0.1) is 0 Å². The molecule has 0 radical (unpaired) electrons. The van der Waals surface area contributed by atoms with Crippen molar-refractivity contribution in [2.75, 3.05) is 6.54 Å². The highest BCUT2D eigenvalue weighted by Gasteiger charge is 2.64. The van der Waals surface area contributed by atoms with E-state index in [1.54, 1.807) is 0 Å². The minimum atomic E-state index is -1.31. The Morgan fingerprint density at radius 1 is 1.24 bits per heavy atom. The molecule has 0 bridgehead atoms. The van der Waals surface area contributed by atoms with Crippen molar-refractivity contribution in [1.29, 1.82) is 0 Å². The first kappa shape index (κ1) is 16.5. The van der Waals surface area contributed by atoms with Gasteiger partial charge in [0.1, 0.15) is 11.5 Å². The van der Waals surface area contributed by atoms with Crippen LogP contribution in [0.1, 0.15) is 43.1 Å². The van der Waals surface area contributed by atoms with Crippen LogP contribution in [-0.2, 0) is 9.59 Å². The molecule has 1 aromatic heterocycles. The van der Waals surface area contributed by atoms with Crippen LogP contribution in [0.5, 0.6) is 0 Å². The molecular formula is C19H21NO4S. The summed E-state index contributed by atoms with van der Waals surface area (Å²) in [5.74, 6) is -1.50. The number of aliphatic hydroxyl groups is 1. The number of amides is 1. The van der Waals surface area contributed by atoms with Crippen LogP contribution in [0.3, 0.4) is 0 Å². The first-order valence-corrected chi connectivity index (χ1v) is 9.44. The molecule has 1 atom stereocenters. The first-order chi connectivity index (χ1) is 11.9. The molecule has 2 aliphatic carbocycles. The third kappa shape index (κ3) is 2.64. The second kappa shape index (κ2) is 5.81. The summed E-state index contributed by atoms with van der Waals surface area (Å²) in [6.45, 7) is 0.0354. The maximum absolute atomic E-state index is 12.5. The van der Waals surface area contributed by atoms with Gasteiger partial charge in [-0.15, -0.1) is 11.3 Å². The van der Waals surface area contributed by atoms with E-state index in [0.717, 1.165) is 34.2 Å². The minimum absolute atomic E-state index is 0.0354. The maximum Gasteiger partial charge on any atom is 0.319 e. The molecule has 1 spiro atoms. The van der Waals surface area contributed by atoms with Gasteiger partial charge in [-0.2, -0.15) is 0 Å². The van der Waals surface area contributed by atoms with Gasteiger partial charge >= 0.3 is 5.97 Å². The lowest BCUT2D eigenvalue weighted by atomic mass is 9.45. The first-order valence-electron chi connectivity index (χ1n) is 8.62. The molecular weight excluding hydrogens is 338 g/mol. The predicted molar refractivity (Wildman–Crippen MR) is 95.4 cm³/mol. The molecule has 3 N–H and O–H groups in total. The van der Waals surface area contributed by atoms with Crippen molar-refractivity contribution in [3.05, 3.63) is 35.2 Å². The Balaban J connectivity index is 1.41. The van der Waals surface area contributed by atoms with Gasteiger partial charge < -0.3 is 15.5 Å². The van der Waals surface area contributed by atoms with Crippen molar-refractivity contribution < 1.29 is 19.8 Å². The molecule has 0 saturated heterocycles. The number of aliphatic hydroxyl groups excluding tert-OH is 1. The molecule has 5 nitrogen and oxygen atoms in total. The van der Waals surface area contributed by atoms with Gasteiger partial charge in [0.2, 0.25) is 5.91 Å². The standard InChI is InChI=1S/C19H21NO4S/c21-13(15-8-12-4-1-2-5-14(12)25-15)9-20-16(22)19(17(23)24)10-18(11-19)6-3-7-18/h1-2,4-5,8,13,21H,3,6-7,9-11H2,(H,20,22)(H,23,24). The molecule has 4 rings (SSSR count). The average molecular weight is 359 g/mol. The van der Waals surface area contributed by atoms with Gasteiger partial charge in [0, 0.05) is 16.1 Å². The molecule has 2 fully saturated rings. The molecule has 6 heteroatoms. The van der Waals surface area contributed by atoms with Crippen LogP contribution in [0.2, 0.25) is 0 Å². The molecule has 1 amide bonds. The zero-order chi connectivity index (χ0) is 17.7. The maximum atomic E-state index is 12.5. The lowest BCUT2D eigenvalue weighted by Gasteiger charge is -2.58. The highest BCUT2D eigenvalue weighted by Crippen LogP contribution is 2.64. The number of carbonyl (C=O) groups excluding carboxylic acids is 1. The van der Waals surface area contributed by atoms with E-state index in [0.29, 0.717) is 12.8 Å². The van der Waals surface area contributed by atoms with Gasteiger partial charge in [0.25, 0.3) is 0 Å². The molecule has 2 aliphatic rings. The Labute approximate surface area is 149 Å². The molecule has 1 unspecified atom stereocenters. The van der Waals surface area contributed by atoms with Crippen LogP contribution >= 0.6 is 11.3 Å². The largest absolute Gasteiger partial charge is 0.480 e. The van der Waals surface area contributed by atoms with E-state index in [9.17, 15) is 19.8 Å². The number of aliphatic carboxylic acids is 1. The van der Waals surface area contributed by atoms with Gasteiger partial charge in [-0.25, -0.2) is 0 Å². The number of hydrogen-bond acceptors (Lipinski definition) is 4. The quantitative estimate of drug-likeness (QED) is 0.716. The van der Waals surface area contributed by atoms with Crippen LogP contribution in [-0.4, -0.2) is 28.6 Å². The third-order valence-electron chi connectivity index (χ3n) is 5.84. The fourth-order valence-corrected chi connectivity index (χ4v) is 5.34. The number of benzene rings is 1. The van der Waals surface area contributed by atoms with Gasteiger partial charge in [0.15, 0.2) is 0 Å². The Morgan fingerprint density at radius 3 is 2.56 bits per heavy atom. The zero-order valence-corrected chi connectivity index (χ0v) is 14.6. The van der Waals surface area contributed by atoms with E-state index < -0.39 is 23.4 Å². The fraction of sp³-hybridized carbons (Fsp3) is 0.474. The lowest BCUT2D eigenvalue weighted by molar-refractivity contribution is -0.181. The normalized spacial score (nSPS) is 21.3. The molecule has 25 heavy (non-hydrogen) atoms. The summed E-state index contributed by atoms with van der Waals surface area (Å²) in [7, 11) is 0. The Morgan fingerprint density at radius 2 is 1.96 bits per heavy atom. The topological polar surface area (TPSA) is 86.6 Å². The number of carboxylic acid groups (broad SMARTS) is 1. The summed E-state index contributed by atoms with van der Waals surface area (Å²) in [4.78, 5) is 25.0.